The van der Waals surface area contributed by atoms with Crippen LogP contribution in [0.15, 0.2) is 53.6 Å². The lowest BCUT2D eigenvalue weighted by molar-refractivity contribution is 0.0952. The summed E-state index contributed by atoms with van der Waals surface area (Å²) in [4.78, 5) is 11.8. The molecule has 0 heterocycles. The Labute approximate surface area is 122 Å². The van der Waals surface area contributed by atoms with E-state index in [0.29, 0.717) is 6.61 Å². The van der Waals surface area contributed by atoms with Gasteiger partial charge in [-0.25, -0.2) is 5.43 Å². The van der Waals surface area contributed by atoms with Gasteiger partial charge >= 0.3 is 0 Å². The summed E-state index contributed by atoms with van der Waals surface area (Å²) in [6.07, 6.45) is 1.52. The van der Waals surface area contributed by atoms with E-state index in [9.17, 15) is 9.90 Å². The number of amides is 1. The van der Waals surface area contributed by atoms with Crippen LogP contribution in [-0.4, -0.2) is 23.8 Å². The third-order valence-electron chi connectivity index (χ3n) is 2.72. The number of hydrogen-bond donors (Lipinski definition) is 2. The minimum Gasteiger partial charge on any atom is -0.507 e. The topological polar surface area (TPSA) is 70.9 Å². The van der Waals surface area contributed by atoms with Crippen molar-refractivity contribution >= 4 is 12.1 Å². The van der Waals surface area contributed by atoms with E-state index in [1.165, 1.54) is 18.3 Å². The fraction of sp³-hybridized carbons (Fsp3) is 0.125. The van der Waals surface area contributed by atoms with Crippen molar-refractivity contribution in [3.05, 3.63) is 59.7 Å². The first-order valence-electron chi connectivity index (χ1n) is 6.55. The number of benzene rings is 2. The summed E-state index contributed by atoms with van der Waals surface area (Å²) in [6.45, 7) is 2.54. The van der Waals surface area contributed by atoms with Crippen molar-refractivity contribution in [1.29, 1.82) is 0 Å². The minimum atomic E-state index is -0.463. The third-order valence-corrected chi connectivity index (χ3v) is 2.72. The maximum absolute atomic E-state index is 11.8. The van der Waals surface area contributed by atoms with Crippen LogP contribution in [0.3, 0.4) is 0 Å². The standard InChI is InChI=1S/C16H16N2O3/c1-2-21-13-9-7-12(8-10-13)11-17-18-16(20)14-5-3-4-6-15(14)19/h3-11,19H,2H2,1H3,(H,18,20)/b17-11+. The van der Waals surface area contributed by atoms with Gasteiger partial charge in [-0.05, 0) is 48.9 Å². The van der Waals surface area contributed by atoms with Gasteiger partial charge in [0.25, 0.3) is 5.91 Å². The van der Waals surface area contributed by atoms with Crippen LogP contribution in [0.2, 0.25) is 0 Å². The summed E-state index contributed by atoms with van der Waals surface area (Å²) in [5.41, 5.74) is 3.38. The molecule has 0 aliphatic carbocycles. The molecule has 5 heteroatoms. The number of carbonyl (C=O) groups is 1. The number of aromatic hydroxyl groups is 1. The van der Waals surface area contributed by atoms with E-state index in [4.69, 9.17) is 4.74 Å². The van der Waals surface area contributed by atoms with Gasteiger partial charge in [0, 0.05) is 0 Å². The predicted octanol–water partition coefficient (Wildman–Crippen LogP) is 2.55. The highest BCUT2D eigenvalue weighted by atomic mass is 16.5. The zero-order valence-electron chi connectivity index (χ0n) is 11.6. The van der Waals surface area contributed by atoms with Crippen LogP contribution in [0.4, 0.5) is 0 Å². The lowest BCUT2D eigenvalue weighted by Gasteiger charge is -2.03. The van der Waals surface area contributed by atoms with Crippen LogP contribution in [0.1, 0.15) is 22.8 Å². The second-order valence-electron chi connectivity index (χ2n) is 4.22. The van der Waals surface area contributed by atoms with E-state index in [0.717, 1.165) is 11.3 Å². The molecule has 0 saturated carbocycles. The van der Waals surface area contributed by atoms with Gasteiger partial charge in [0.1, 0.15) is 11.5 Å². The first-order chi connectivity index (χ1) is 10.2. The number of hydrogen-bond acceptors (Lipinski definition) is 4. The molecule has 0 bridgehead atoms. The van der Waals surface area contributed by atoms with E-state index < -0.39 is 5.91 Å². The maximum Gasteiger partial charge on any atom is 0.275 e. The smallest absolute Gasteiger partial charge is 0.275 e. The first-order valence-corrected chi connectivity index (χ1v) is 6.55. The molecule has 2 rings (SSSR count). The molecule has 0 aromatic heterocycles. The quantitative estimate of drug-likeness (QED) is 0.654. The molecule has 2 aromatic rings. The van der Waals surface area contributed by atoms with Gasteiger partial charge in [-0.1, -0.05) is 12.1 Å². The van der Waals surface area contributed by atoms with Gasteiger partial charge in [0.05, 0.1) is 18.4 Å². The Kier molecular flexibility index (Phi) is 4.93. The van der Waals surface area contributed by atoms with Crippen LogP contribution in [0.5, 0.6) is 11.5 Å². The average molecular weight is 284 g/mol. The number of phenolic OH excluding ortho intramolecular Hbond substituents is 1. The van der Waals surface area contributed by atoms with E-state index in [-0.39, 0.29) is 11.3 Å². The Hall–Kier alpha value is -2.82. The average Bonchev–Trinajstić information content (AvgIpc) is 2.49. The van der Waals surface area contributed by atoms with Crippen molar-refractivity contribution in [2.75, 3.05) is 6.61 Å². The molecule has 0 unspecified atom stereocenters. The Morgan fingerprint density at radius 3 is 2.62 bits per heavy atom. The second-order valence-corrected chi connectivity index (χ2v) is 4.22. The first kappa shape index (κ1) is 14.6. The summed E-state index contributed by atoms with van der Waals surface area (Å²) in [5.74, 6) is 0.245. The molecule has 5 nitrogen and oxygen atoms in total. The zero-order valence-corrected chi connectivity index (χ0v) is 11.6. The second kappa shape index (κ2) is 7.09. The van der Waals surface area contributed by atoms with E-state index >= 15 is 0 Å². The molecule has 21 heavy (non-hydrogen) atoms. The third kappa shape index (κ3) is 4.07. The summed E-state index contributed by atoms with van der Waals surface area (Å²) in [7, 11) is 0. The van der Waals surface area contributed by atoms with E-state index in [1.807, 2.05) is 31.2 Å². The lowest BCUT2D eigenvalue weighted by Crippen LogP contribution is -2.17. The summed E-state index contributed by atoms with van der Waals surface area (Å²) in [6, 6.07) is 13.6. The molecule has 0 saturated heterocycles. The van der Waals surface area contributed by atoms with Gasteiger partial charge < -0.3 is 9.84 Å². The van der Waals surface area contributed by atoms with E-state index in [2.05, 4.69) is 10.5 Å². The Morgan fingerprint density at radius 2 is 1.95 bits per heavy atom. The highest BCUT2D eigenvalue weighted by molar-refractivity contribution is 5.97. The van der Waals surface area contributed by atoms with Crippen molar-refractivity contribution < 1.29 is 14.6 Å². The number of nitrogens with one attached hydrogen (secondary N) is 1. The Bertz CT molecular complexity index is 636. The molecule has 2 N–H and O–H groups in total. The SMILES string of the molecule is CCOc1ccc(/C=N/NC(=O)c2ccccc2O)cc1. The zero-order chi connectivity index (χ0) is 15.1. The number of nitrogens with zero attached hydrogens (tertiary/aromatic N) is 1. The van der Waals surface area contributed by atoms with Crippen LogP contribution in [-0.2, 0) is 0 Å². The summed E-state index contributed by atoms with van der Waals surface area (Å²) in [5, 5.41) is 13.4. The van der Waals surface area contributed by atoms with E-state index in [1.54, 1.807) is 12.1 Å². The van der Waals surface area contributed by atoms with Gasteiger partial charge in [-0.3, -0.25) is 4.79 Å². The number of rotatable bonds is 5. The highest BCUT2D eigenvalue weighted by Gasteiger charge is 2.08. The Morgan fingerprint density at radius 1 is 1.24 bits per heavy atom. The van der Waals surface area contributed by atoms with Crippen LogP contribution in [0, 0.1) is 0 Å². The van der Waals surface area contributed by atoms with Gasteiger partial charge in [0.2, 0.25) is 0 Å². The molecule has 0 atom stereocenters. The normalized spacial score (nSPS) is 10.5. The molecule has 1 amide bonds. The maximum atomic E-state index is 11.8. The number of hydrazone groups is 1. The molecule has 0 spiro atoms. The highest BCUT2D eigenvalue weighted by Crippen LogP contribution is 2.15. The molecule has 0 aliphatic rings. The fourth-order valence-corrected chi connectivity index (χ4v) is 1.71. The monoisotopic (exact) mass is 284 g/mol. The number of ether oxygens (including phenoxy) is 1. The molecule has 0 radical (unpaired) electrons. The number of phenols is 1. The van der Waals surface area contributed by atoms with Crippen molar-refractivity contribution in [2.45, 2.75) is 6.92 Å². The number of para-hydroxylation sites is 1. The van der Waals surface area contributed by atoms with Crippen molar-refractivity contribution in [3.8, 4) is 11.5 Å². The molecular weight excluding hydrogens is 268 g/mol. The van der Waals surface area contributed by atoms with Crippen LogP contribution >= 0.6 is 0 Å². The molecular formula is C16H16N2O3. The molecule has 2 aromatic carbocycles. The van der Waals surface area contributed by atoms with Gasteiger partial charge in [-0.2, -0.15) is 5.10 Å². The summed E-state index contributed by atoms with van der Waals surface area (Å²) >= 11 is 0. The Balaban J connectivity index is 1.96. The number of carbonyl (C=O) groups excluding carboxylic acids is 1. The summed E-state index contributed by atoms with van der Waals surface area (Å²) < 4.78 is 5.33. The van der Waals surface area contributed by atoms with Gasteiger partial charge in [0.15, 0.2) is 0 Å². The molecule has 108 valence electrons. The fourth-order valence-electron chi connectivity index (χ4n) is 1.71. The predicted molar refractivity (Wildman–Crippen MR) is 80.8 cm³/mol. The lowest BCUT2D eigenvalue weighted by atomic mass is 10.2. The molecule has 0 aliphatic heterocycles. The van der Waals surface area contributed by atoms with Crippen LogP contribution < -0.4 is 10.2 Å². The van der Waals surface area contributed by atoms with Crippen LogP contribution in [0.25, 0.3) is 0 Å². The minimum absolute atomic E-state index is 0.0775. The van der Waals surface area contributed by atoms with Crippen molar-refractivity contribution in [3.63, 3.8) is 0 Å². The van der Waals surface area contributed by atoms with Crippen molar-refractivity contribution in [2.24, 2.45) is 5.10 Å². The largest absolute Gasteiger partial charge is 0.507 e. The van der Waals surface area contributed by atoms with Gasteiger partial charge in [-0.15, -0.1) is 0 Å². The molecule has 0 fully saturated rings. The van der Waals surface area contributed by atoms with Crippen molar-refractivity contribution in [1.82, 2.24) is 5.43 Å².